The Hall–Kier alpha value is -0.340. The van der Waals surface area contributed by atoms with E-state index in [0.717, 1.165) is 6.42 Å². The summed E-state index contributed by atoms with van der Waals surface area (Å²) in [4.78, 5) is 0. The molecule has 1 rings (SSSR count). The summed E-state index contributed by atoms with van der Waals surface area (Å²) in [7, 11) is 1.67. The van der Waals surface area contributed by atoms with Crippen LogP contribution in [0, 0.1) is 5.92 Å². The van der Waals surface area contributed by atoms with E-state index in [-0.39, 0.29) is 5.60 Å². The first-order valence-electron chi connectivity index (χ1n) is 5.35. The SMILES string of the molecule is COCOC(C)(C)C1CC=C(C)CC1. The average Bonchev–Trinajstić information content (AvgIpc) is 2.16. The minimum absolute atomic E-state index is 0.0623. The van der Waals surface area contributed by atoms with Crippen molar-refractivity contribution in [3.05, 3.63) is 11.6 Å². The summed E-state index contributed by atoms with van der Waals surface area (Å²) < 4.78 is 10.7. The number of rotatable bonds is 4. The first-order chi connectivity index (χ1) is 6.56. The first-order valence-corrected chi connectivity index (χ1v) is 5.35. The van der Waals surface area contributed by atoms with Gasteiger partial charge >= 0.3 is 0 Å². The molecular formula is C12H22O2. The van der Waals surface area contributed by atoms with Crippen molar-refractivity contribution >= 4 is 0 Å². The third-order valence-electron chi connectivity index (χ3n) is 3.17. The molecule has 0 aromatic rings. The highest BCUT2D eigenvalue weighted by atomic mass is 16.7. The van der Waals surface area contributed by atoms with E-state index in [2.05, 4.69) is 26.8 Å². The lowest BCUT2D eigenvalue weighted by atomic mass is 9.80. The van der Waals surface area contributed by atoms with Crippen LogP contribution >= 0.6 is 0 Å². The number of hydrogen-bond donors (Lipinski definition) is 0. The molecule has 0 aromatic carbocycles. The van der Waals surface area contributed by atoms with Gasteiger partial charge < -0.3 is 9.47 Å². The summed E-state index contributed by atoms with van der Waals surface area (Å²) in [6.07, 6.45) is 5.93. The molecule has 0 bridgehead atoms. The van der Waals surface area contributed by atoms with Crippen LogP contribution in [-0.2, 0) is 9.47 Å². The van der Waals surface area contributed by atoms with Crippen LogP contribution in [0.1, 0.15) is 40.0 Å². The second-order valence-corrected chi connectivity index (χ2v) is 4.68. The molecule has 0 N–H and O–H groups in total. The zero-order valence-electron chi connectivity index (χ0n) is 9.80. The van der Waals surface area contributed by atoms with E-state index in [0.29, 0.717) is 12.7 Å². The van der Waals surface area contributed by atoms with Crippen molar-refractivity contribution in [3.63, 3.8) is 0 Å². The van der Waals surface area contributed by atoms with Gasteiger partial charge in [-0.2, -0.15) is 0 Å². The lowest BCUT2D eigenvalue weighted by molar-refractivity contribution is -0.140. The Morgan fingerprint density at radius 1 is 1.50 bits per heavy atom. The van der Waals surface area contributed by atoms with Crippen LogP contribution in [0.2, 0.25) is 0 Å². The van der Waals surface area contributed by atoms with Crippen LogP contribution in [0.15, 0.2) is 11.6 Å². The van der Waals surface area contributed by atoms with E-state index in [4.69, 9.17) is 9.47 Å². The normalized spacial score (nSPS) is 23.4. The molecule has 1 unspecified atom stereocenters. The van der Waals surface area contributed by atoms with Crippen molar-refractivity contribution < 1.29 is 9.47 Å². The molecule has 1 atom stereocenters. The van der Waals surface area contributed by atoms with Gasteiger partial charge in [0.1, 0.15) is 6.79 Å². The highest BCUT2D eigenvalue weighted by Gasteiger charge is 2.30. The third kappa shape index (κ3) is 3.10. The molecule has 0 saturated heterocycles. The highest BCUT2D eigenvalue weighted by Crippen LogP contribution is 2.33. The topological polar surface area (TPSA) is 18.5 Å². The summed E-state index contributed by atoms with van der Waals surface area (Å²) in [5.41, 5.74) is 1.46. The first kappa shape index (κ1) is 11.7. The van der Waals surface area contributed by atoms with Crippen molar-refractivity contribution in [1.82, 2.24) is 0 Å². The summed E-state index contributed by atoms with van der Waals surface area (Å²) in [6.45, 7) is 6.92. The molecule has 0 aliphatic heterocycles. The Kier molecular flexibility index (Phi) is 4.14. The van der Waals surface area contributed by atoms with Crippen LogP contribution in [-0.4, -0.2) is 19.5 Å². The molecular weight excluding hydrogens is 176 g/mol. The van der Waals surface area contributed by atoms with Crippen molar-refractivity contribution in [2.45, 2.75) is 45.6 Å². The molecule has 2 heteroatoms. The third-order valence-corrected chi connectivity index (χ3v) is 3.17. The molecule has 2 nitrogen and oxygen atoms in total. The second kappa shape index (κ2) is 4.94. The maximum Gasteiger partial charge on any atom is 0.147 e. The zero-order chi connectivity index (χ0) is 10.6. The number of hydrogen-bond acceptors (Lipinski definition) is 2. The number of allylic oxidation sites excluding steroid dienone is 2. The molecule has 82 valence electrons. The van der Waals surface area contributed by atoms with Crippen molar-refractivity contribution in [2.24, 2.45) is 5.92 Å². The Balaban J connectivity index is 2.47. The van der Waals surface area contributed by atoms with Crippen LogP contribution in [0.4, 0.5) is 0 Å². The number of methoxy groups -OCH3 is 1. The van der Waals surface area contributed by atoms with Gasteiger partial charge in [0.05, 0.1) is 5.60 Å². The van der Waals surface area contributed by atoms with Gasteiger partial charge in [-0.05, 0) is 46.0 Å². The van der Waals surface area contributed by atoms with Gasteiger partial charge in [-0.1, -0.05) is 11.6 Å². The van der Waals surface area contributed by atoms with Crippen LogP contribution < -0.4 is 0 Å². The Morgan fingerprint density at radius 2 is 2.21 bits per heavy atom. The Labute approximate surface area is 87.3 Å². The van der Waals surface area contributed by atoms with Gasteiger partial charge in [0, 0.05) is 7.11 Å². The van der Waals surface area contributed by atoms with Gasteiger partial charge in [0.25, 0.3) is 0 Å². The van der Waals surface area contributed by atoms with E-state index < -0.39 is 0 Å². The maximum atomic E-state index is 5.70. The molecule has 0 heterocycles. The number of ether oxygens (including phenoxy) is 2. The smallest absolute Gasteiger partial charge is 0.147 e. The predicted octanol–water partition coefficient (Wildman–Crippen LogP) is 3.13. The van der Waals surface area contributed by atoms with E-state index >= 15 is 0 Å². The van der Waals surface area contributed by atoms with Gasteiger partial charge in [0.2, 0.25) is 0 Å². The van der Waals surface area contributed by atoms with E-state index in [9.17, 15) is 0 Å². The van der Waals surface area contributed by atoms with Gasteiger partial charge in [-0.25, -0.2) is 0 Å². The monoisotopic (exact) mass is 198 g/mol. The highest BCUT2D eigenvalue weighted by molar-refractivity contribution is 5.05. The Bertz CT molecular complexity index is 206. The standard InChI is InChI=1S/C12H22O2/c1-10-5-7-11(8-6-10)12(2,3)14-9-13-4/h5,11H,6-9H2,1-4H3. The molecule has 0 aromatic heterocycles. The quantitative estimate of drug-likeness (QED) is 0.510. The van der Waals surface area contributed by atoms with E-state index in [1.807, 2.05) is 0 Å². The molecule has 0 saturated carbocycles. The van der Waals surface area contributed by atoms with E-state index in [1.165, 1.54) is 18.4 Å². The largest absolute Gasteiger partial charge is 0.359 e. The summed E-state index contributed by atoms with van der Waals surface area (Å²) in [5.74, 6) is 0.626. The molecule has 0 fully saturated rings. The van der Waals surface area contributed by atoms with Crippen molar-refractivity contribution in [1.29, 1.82) is 0 Å². The fourth-order valence-electron chi connectivity index (χ4n) is 1.93. The fourth-order valence-corrected chi connectivity index (χ4v) is 1.93. The van der Waals surface area contributed by atoms with Gasteiger partial charge in [-0.3, -0.25) is 0 Å². The van der Waals surface area contributed by atoms with Crippen LogP contribution in [0.25, 0.3) is 0 Å². The summed E-state index contributed by atoms with van der Waals surface area (Å²) >= 11 is 0. The molecule has 1 aliphatic carbocycles. The van der Waals surface area contributed by atoms with Crippen LogP contribution in [0.5, 0.6) is 0 Å². The molecule has 0 spiro atoms. The molecule has 0 amide bonds. The minimum atomic E-state index is -0.0623. The van der Waals surface area contributed by atoms with Crippen molar-refractivity contribution in [3.8, 4) is 0 Å². The summed E-state index contributed by atoms with van der Waals surface area (Å²) in [6, 6.07) is 0. The van der Waals surface area contributed by atoms with Gasteiger partial charge in [-0.15, -0.1) is 0 Å². The maximum absolute atomic E-state index is 5.70. The average molecular weight is 198 g/mol. The second-order valence-electron chi connectivity index (χ2n) is 4.68. The van der Waals surface area contributed by atoms with Crippen LogP contribution in [0.3, 0.4) is 0 Å². The molecule has 14 heavy (non-hydrogen) atoms. The predicted molar refractivity (Wildman–Crippen MR) is 58.1 cm³/mol. The lowest BCUT2D eigenvalue weighted by Gasteiger charge is -2.35. The van der Waals surface area contributed by atoms with Crippen molar-refractivity contribution in [2.75, 3.05) is 13.9 Å². The Morgan fingerprint density at radius 3 is 2.71 bits per heavy atom. The molecule has 1 aliphatic rings. The fraction of sp³-hybridized carbons (Fsp3) is 0.833. The molecule has 0 radical (unpaired) electrons. The van der Waals surface area contributed by atoms with Gasteiger partial charge in [0.15, 0.2) is 0 Å². The zero-order valence-corrected chi connectivity index (χ0v) is 9.80. The minimum Gasteiger partial charge on any atom is -0.359 e. The summed E-state index contributed by atoms with van der Waals surface area (Å²) in [5, 5.41) is 0. The van der Waals surface area contributed by atoms with E-state index in [1.54, 1.807) is 7.11 Å². The lowest BCUT2D eigenvalue weighted by Crippen LogP contribution is -2.36.